The fourth-order valence-electron chi connectivity index (χ4n) is 3.35. The molecule has 1 aliphatic carbocycles. The lowest BCUT2D eigenvalue weighted by Crippen LogP contribution is -2.23. The number of ether oxygens (including phenoxy) is 1. The summed E-state index contributed by atoms with van der Waals surface area (Å²) in [5.41, 5.74) is 1.02. The maximum atomic E-state index is 13.4. The zero-order valence-corrected chi connectivity index (χ0v) is 16.5. The molecule has 0 unspecified atom stereocenters. The van der Waals surface area contributed by atoms with Crippen LogP contribution in [0.25, 0.3) is 0 Å². The van der Waals surface area contributed by atoms with Gasteiger partial charge in [0.1, 0.15) is 11.7 Å². The van der Waals surface area contributed by atoms with Crippen molar-refractivity contribution < 1.29 is 17.9 Å². The molecule has 0 saturated heterocycles. The minimum atomic E-state index is -4.56. The molecule has 0 amide bonds. The van der Waals surface area contributed by atoms with E-state index < -0.39 is 11.7 Å². The van der Waals surface area contributed by atoms with Crippen LogP contribution in [0.3, 0.4) is 0 Å². The Labute approximate surface area is 163 Å². The molecule has 2 aromatic rings. The third-order valence-corrected chi connectivity index (χ3v) is 5.10. The zero-order chi connectivity index (χ0) is 20.3. The average Bonchev–Trinajstić information content (AvgIpc) is 2.67. The van der Waals surface area contributed by atoms with E-state index in [-0.39, 0.29) is 17.9 Å². The largest absolute Gasteiger partial charge is 0.474 e. The second kappa shape index (κ2) is 8.37. The topological polar surface area (TPSA) is 38.2 Å². The van der Waals surface area contributed by atoms with Crippen molar-refractivity contribution in [3.63, 3.8) is 0 Å². The summed E-state index contributed by atoms with van der Waals surface area (Å²) < 4.78 is 46.0. The standard InChI is InChI=1S/C21H26F3N3O/c1-14(2)15-8-7-9-16(12-15)27(3)20-25-13-18(21(22,23)24)19(26-20)28-17-10-5-4-6-11-17/h7-9,12-14,17H,4-6,10-11H2,1-3H3. The maximum Gasteiger partial charge on any atom is 0.423 e. The van der Waals surface area contributed by atoms with E-state index in [1.165, 1.54) is 0 Å². The minimum Gasteiger partial charge on any atom is -0.474 e. The second-order valence-electron chi connectivity index (χ2n) is 7.57. The number of rotatable bonds is 5. The van der Waals surface area contributed by atoms with Crippen LogP contribution >= 0.6 is 0 Å². The van der Waals surface area contributed by atoms with Crippen LogP contribution in [-0.2, 0) is 6.18 Å². The molecule has 0 bridgehead atoms. The van der Waals surface area contributed by atoms with Crippen molar-refractivity contribution in [2.45, 2.75) is 64.1 Å². The Kier molecular flexibility index (Phi) is 6.10. The van der Waals surface area contributed by atoms with E-state index in [0.717, 1.165) is 49.6 Å². The van der Waals surface area contributed by atoms with Gasteiger partial charge in [0.05, 0.1) is 0 Å². The SMILES string of the molecule is CC(C)c1cccc(N(C)c2ncc(C(F)(F)F)c(OC3CCCCC3)n2)c1. The highest BCUT2D eigenvalue weighted by molar-refractivity contribution is 5.58. The van der Waals surface area contributed by atoms with E-state index >= 15 is 0 Å². The van der Waals surface area contributed by atoms with Crippen LogP contribution in [0.4, 0.5) is 24.8 Å². The highest BCUT2D eigenvalue weighted by Gasteiger charge is 2.37. The number of hydrogen-bond acceptors (Lipinski definition) is 4. The molecule has 1 aromatic carbocycles. The number of benzene rings is 1. The monoisotopic (exact) mass is 393 g/mol. The summed E-state index contributed by atoms with van der Waals surface area (Å²) in [5, 5.41) is 0. The van der Waals surface area contributed by atoms with E-state index in [1.54, 1.807) is 11.9 Å². The molecule has 1 aromatic heterocycles. The van der Waals surface area contributed by atoms with Gasteiger partial charge in [-0.15, -0.1) is 0 Å². The normalized spacial score (nSPS) is 15.7. The first-order chi connectivity index (χ1) is 13.3. The lowest BCUT2D eigenvalue weighted by atomic mass is 9.98. The minimum absolute atomic E-state index is 0.180. The molecule has 1 saturated carbocycles. The van der Waals surface area contributed by atoms with E-state index in [4.69, 9.17) is 4.74 Å². The fraction of sp³-hybridized carbons (Fsp3) is 0.524. The van der Waals surface area contributed by atoms with Crippen molar-refractivity contribution in [2.75, 3.05) is 11.9 Å². The maximum absolute atomic E-state index is 13.4. The number of aromatic nitrogens is 2. The molecule has 0 radical (unpaired) electrons. The van der Waals surface area contributed by atoms with Crippen molar-refractivity contribution in [3.05, 3.63) is 41.6 Å². The number of halogens is 3. The van der Waals surface area contributed by atoms with E-state index in [9.17, 15) is 13.2 Å². The van der Waals surface area contributed by atoms with Crippen LogP contribution in [0.1, 0.15) is 63.0 Å². The van der Waals surface area contributed by atoms with Crippen molar-refractivity contribution in [1.29, 1.82) is 0 Å². The van der Waals surface area contributed by atoms with Crippen molar-refractivity contribution >= 4 is 11.6 Å². The van der Waals surface area contributed by atoms with E-state index in [0.29, 0.717) is 5.92 Å². The Morgan fingerprint density at radius 1 is 1.14 bits per heavy atom. The van der Waals surface area contributed by atoms with Crippen LogP contribution in [0.2, 0.25) is 0 Å². The predicted octanol–water partition coefficient (Wildman–Crippen LogP) is 6.10. The van der Waals surface area contributed by atoms with Crippen LogP contribution in [-0.4, -0.2) is 23.1 Å². The molecule has 0 spiro atoms. The molecule has 1 fully saturated rings. The lowest BCUT2D eigenvalue weighted by Gasteiger charge is -2.25. The van der Waals surface area contributed by atoms with Crippen LogP contribution in [0.5, 0.6) is 5.88 Å². The van der Waals surface area contributed by atoms with Gasteiger partial charge in [-0.2, -0.15) is 18.2 Å². The molecule has 1 heterocycles. The molecule has 0 atom stereocenters. The Morgan fingerprint density at radius 2 is 1.86 bits per heavy atom. The van der Waals surface area contributed by atoms with Gasteiger partial charge in [-0.25, -0.2) is 4.98 Å². The van der Waals surface area contributed by atoms with Gasteiger partial charge in [0.25, 0.3) is 0 Å². The summed E-state index contributed by atoms with van der Waals surface area (Å²) in [4.78, 5) is 9.80. The van der Waals surface area contributed by atoms with Gasteiger partial charge in [0.15, 0.2) is 0 Å². The van der Waals surface area contributed by atoms with Gasteiger partial charge in [-0.3, -0.25) is 0 Å². The number of alkyl halides is 3. The number of hydrogen-bond donors (Lipinski definition) is 0. The molecule has 4 nitrogen and oxygen atoms in total. The van der Waals surface area contributed by atoms with Crippen LogP contribution in [0, 0.1) is 0 Å². The van der Waals surface area contributed by atoms with Gasteiger partial charge in [-0.05, 0) is 49.3 Å². The number of anilines is 2. The van der Waals surface area contributed by atoms with Crippen molar-refractivity contribution in [1.82, 2.24) is 9.97 Å². The van der Waals surface area contributed by atoms with Gasteiger partial charge in [0.2, 0.25) is 11.8 Å². The molecule has 28 heavy (non-hydrogen) atoms. The van der Waals surface area contributed by atoms with Crippen molar-refractivity contribution in [3.8, 4) is 5.88 Å². The van der Waals surface area contributed by atoms with Gasteiger partial charge < -0.3 is 9.64 Å². The number of nitrogens with zero attached hydrogens (tertiary/aromatic N) is 3. The predicted molar refractivity (Wildman–Crippen MR) is 103 cm³/mol. The molecule has 1 aliphatic rings. The molecule has 3 rings (SSSR count). The molecular formula is C21H26F3N3O. The van der Waals surface area contributed by atoms with Gasteiger partial charge >= 0.3 is 6.18 Å². The Balaban J connectivity index is 1.92. The van der Waals surface area contributed by atoms with Crippen molar-refractivity contribution in [2.24, 2.45) is 0 Å². The Hall–Kier alpha value is -2.31. The average molecular weight is 393 g/mol. The lowest BCUT2D eigenvalue weighted by molar-refractivity contribution is -0.140. The molecular weight excluding hydrogens is 367 g/mol. The molecule has 7 heteroatoms. The quantitative estimate of drug-likeness (QED) is 0.615. The summed E-state index contributed by atoms with van der Waals surface area (Å²) in [7, 11) is 1.74. The highest BCUT2D eigenvalue weighted by Crippen LogP contribution is 2.37. The zero-order valence-electron chi connectivity index (χ0n) is 16.5. The third-order valence-electron chi connectivity index (χ3n) is 5.10. The Bertz CT molecular complexity index is 802. The fourth-order valence-corrected chi connectivity index (χ4v) is 3.35. The van der Waals surface area contributed by atoms with Gasteiger partial charge in [-0.1, -0.05) is 32.4 Å². The van der Waals surface area contributed by atoms with E-state index in [2.05, 4.69) is 23.8 Å². The smallest absolute Gasteiger partial charge is 0.423 e. The first-order valence-electron chi connectivity index (χ1n) is 9.70. The summed E-state index contributed by atoms with van der Waals surface area (Å²) in [6, 6.07) is 7.82. The summed E-state index contributed by atoms with van der Waals surface area (Å²) >= 11 is 0. The summed E-state index contributed by atoms with van der Waals surface area (Å²) in [6.07, 6.45) is 0.564. The second-order valence-corrected chi connectivity index (χ2v) is 7.57. The molecule has 152 valence electrons. The first kappa shape index (κ1) is 20.4. The van der Waals surface area contributed by atoms with Crippen LogP contribution in [0.15, 0.2) is 30.5 Å². The van der Waals surface area contributed by atoms with E-state index in [1.807, 2.05) is 24.3 Å². The first-order valence-corrected chi connectivity index (χ1v) is 9.70. The summed E-state index contributed by atoms with van der Waals surface area (Å²) in [6.45, 7) is 4.17. The summed E-state index contributed by atoms with van der Waals surface area (Å²) in [5.74, 6) is 0.142. The third kappa shape index (κ3) is 4.75. The molecule has 0 N–H and O–H groups in total. The highest BCUT2D eigenvalue weighted by atomic mass is 19.4. The van der Waals surface area contributed by atoms with Gasteiger partial charge in [0, 0.05) is 18.9 Å². The van der Waals surface area contributed by atoms with Crippen LogP contribution < -0.4 is 9.64 Å². The molecule has 0 aliphatic heterocycles. The Morgan fingerprint density at radius 3 is 2.50 bits per heavy atom.